The molecule has 2 aromatic rings. The average molecular weight is 379 g/mol. The van der Waals surface area contributed by atoms with Gasteiger partial charge in [0, 0.05) is 17.5 Å². The maximum atomic E-state index is 12.4. The topological polar surface area (TPSA) is 75.7 Å². The van der Waals surface area contributed by atoms with Crippen LogP contribution in [0.25, 0.3) is 0 Å². The van der Waals surface area contributed by atoms with Gasteiger partial charge in [-0.25, -0.2) is 4.79 Å². The van der Waals surface area contributed by atoms with Crippen LogP contribution in [0.3, 0.4) is 0 Å². The Morgan fingerprint density at radius 2 is 2.08 bits per heavy atom. The lowest BCUT2D eigenvalue weighted by molar-refractivity contribution is -0.121. The predicted molar refractivity (Wildman–Crippen MR) is 96.4 cm³/mol. The third kappa shape index (κ3) is 3.52. The van der Waals surface area contributed by atoms with Crippen LogP contribution in [0.2, 0.25) is 5.02 Å². The molecule has 0 fully saturated rings. The van der Waals surface area contributed by atoms with Crippen molar-refractivity contribution in [1.29, 1.82) is 0 Å². The van der Waals surface area contributed by atoms with E-state index < -0.39 is 11.9 Å². The van der Waals surface area contributed by atoms with Gasteiger partial charge in [0.15, 0.2) is 0 Å². The summed E-state index contributed by atoms with van der Waals surface area (Å²) >= 11 is 7.11. The number of nitrogens with zero attached hydrogens (tertiary/aromatic N) is 1. The fourth-order valence-electron chi connectivity index (χ4n) is 2.70. The Kier molecular flexibility index (Phi) is 5.06. The monoisotopic (exact) mass is 378 g/mol. The first-order valence-electron chi connectivity index (χ1n) is 7.54. The van der Waals surface area contributed by atoms with Crippen LogP contribution < -0.4 is 10.2 Å². The van der Waals surface area contributed by atoms with E-state index in [1.807, 2.05) is 24.3 Å². The Labute approximate surface area is 153 Å². The van der Waals surface area contributed by atoms with Crippen LogP contribution in [0.5, 0.6) is 0 Å². The number of methoxy groups -OCH3 is 1. The number of hydrogen-bond acceptors (Lipinski definition) is 5. The fourth-order valence-corrected chi connectivity index (χ4v) is 3.89. The van der Waals surface area contributed by atoms with Crippen LogP contribution >= 0.6 is 22.9 Å². The van der Waals surface area contributed by atoms with Gasteiger partial charge in [-0.3, -0.25) is 9.59 Å². The minimum absolute atomic E-state index is 0.105. The van der Waals surface area contributed by atoms with Crippen LogP contribution in [0.1, 0.15) is 22.3 Å². The summed E-state index contributed by atoms with van der Waals surface area (Å²) in [6.07, 6.45) is 1.03. The number of benzene rings is 1. The largest absolute Gasteiger partial charge is 0.465 e. The van der Waals surface area contributed by atoms with E-state index in [-0.39, 0.29) is 23.0 Å². The van der Waals surface area contributed by atoms with Crippen molar-refractivity contribution in [1.82, 2.24) is 0 Å². The Hall–Kier alpha value is -2.38. The summed E-state index contributed by atoms with van der Waals surface area (Å²) < 4.78 is 4.68. The van der Waals surface area contributed by atoms with Crippen molar-refractivity contribution in [3.63, 3.8) is 0 Å². The van der Waals surface area contributed by atoms with Gasteiger partial charge in [0.1, 0.15) is 17.1 Å². The molecule has 0 saturated heterocycles. The average Bonchev–Trinajstić information content (AvgIpc) is 2.97. The molecule has 0 unspecified atom stereocenters. The Morgan fingerprint density at radius 3 is 2.84 bits per heavy atom. The number of nitrogens with one attached hydrogen (secondary N) is 1. The van der Waals surface area contributed by atoms with Crippen LogP contribution in [-0.2, 0) is 20.7 Å². The van der Waals surface area contributed by atoms with Crippen LogP contribution in [0.15, 0.2) is 29.6 Å². The molecule has 25 heavy (non-hydrogen) atoms. The molecule has 0 atom stereocenters. The molecule has 8 heteroatoms. The van der Waals surface area contributed by atoms with E-state index in [2.05, 4.69) is 10.1 Å². The zero-order valence-electron chi connectivity index (χ0n) is 13.4. The van der Waals surface area contributed by atoms with Crippen LogP contribution in [-0.4, -0.2) is 31.4 Å². The van der Waals surface area contributed by atoms with E-state index >= 15 is 0 Å². The Bertz CT molecular complexity index is 849. The number of halogens is 1. The molecule has 0 saturated carbocycles. The summed E-state index contributed by atoms with van der Waals surface area (Å²) in [5.74, 6) is -1.14. The molecule has 2 amide bonds. The molecule has 1 aromatic carbocycles. The maximum Gasteiger partial charge on any atom is 0.342 e. The van der Waals surface area contributed by atoms with Crippen molar-refractivity contribution in [2.45, 2.75) is 12.8 Å². The highest BCUT2D eigenvalue weighted by Gasteiger charge is 2.27. The van der Waals surface area contributed by atoms with Gasteiger partial charge in [-0.05, 0) is 18.1 Å². The first-order chi connectivity index (χ1) is 12.0. The van der Waals surface area contributed by atoms with Gasteiger partial charge < -0.3 is 15.0 Å². The number of ether oxygens (including phenoxy) is 1. The second kappa shape index (κ2) is 7.25. The molecule has 0 bridgehead atoms. The summed E-state index contributed by atoms with van der Waals surface area (Å²) in [4.78, 5) is 37.9. The summed E-state index contributed by atoms with van der Waals surface area (Å²) in [6.45, 7) is -0.133. The maximum absolute atomic E-state index is 12.4. The van der Waals surface area contributed by atoms with Gasteiger partial charge in [0.05, 0.1) is 12.1 Å². The van der Waals surface area contributed by atoms with Crippen LogP contribution in [0.4, 0.5) is 10.7 Å². The number of hydrogen-bond donors (Lipinski definition) is 1. The molecule has 0 aliphatic carbocycles. The normalized spacial score (nSPS) is 13.4. The number of para-hydroxylation sites is 1. The Balaban J connectivity index is 1.78. The molecule has 1 aliphatic rings. The van der Waals surface area contributed by atoms with E-state index in [0.29, 0.717) is 17.8 Å². The summed E-state index contributed by atoms with van der Waals surface area (Å²) in [5.41, 5.74) is 1.89. The zero-order chi connectivity index (χ0) is 18.0. The molecule has 1 N–H and O–H groups in total. The standard InChI is InChI=1S/C17H15ClN2O4S/c1-24-17(23)15-11(18)9-25-16(15)19-13(21)8-20-12-5-3-2-4-10(12)6-7-14(20)22/h2-5,9H,6-8H2,1H3,(H,19,21). The van der Waals surface area contributed by atoms with Crippen molar-refractivity contribution in [2.75, 3.05) is 23.9 Å². The number of carbonyl (C=O) groups is 3. The number of amides is 2. The third-order valence-electron chi connectivity index (χ3n) is 3.88. The lowest BCUT2D eigenvalue weighted by Gasteiger charge is -2.28. The molecule has 1 aromatic heterocycles. The van der Waals surface area contributed by atoms with Crippen molar-refractivity contribution in [3.05, 3.63) is 45.8 Å². The number of esters is 1. The third-order valence-corrected chi connectivity index (χ3v) is 5.20. The van der Waals surface area contributed by atoms with Gasteiger partial charge in [0.25, 0.3) is 0 Å². The lowest BCUT2D eigenvalue weighted by atomic mass is 10.0. The highest BCUT2D eigenvalue weighted by Crippen LogP contribution is 2.33. The first kappa shape index (κ1) is 17.4. The van der Waals surface area contributed by atoms with Gasteiger partial charge in [-0.1, -0.05) is 29.8 Å². The smallest absolute Gasteiger partial charge is 0.342 e. The summed E-state index contributed by atoms with van der Waals surface area (Å²) in [7, 11) is 1.24. The fraction of sp³-hybridized carbons (Fsp3) is 0.235. The lowest BCUT2D eigenvalue weighted by Crippen LogP contribution is -2.40. The van der Waals surface area contributed by atoms with E-state index in [4.69, 9.17) is 11.6 Å². The molecular weight excluding hydrogens is 364 g/mol. The summed E-state index contributed by atoms with van der Waals surface area (Å²) in [5, 5.41) is 4.71. The number of thiophene rings is 1. The molecule has 3 rings (SSSR count). The van der Waals surface area contributed by atoms with E-state index in [1.54, 1.807) is 5.38 Å². The van der Waals surface area contributed by atoms with Gasteiger partial charge in [-0.15, -0.1) is 11.3 Å². The second-order valence-corrected chi connectivity index (χ2v) is 6.72. The van der Waals surface area contributed by atoms with Gasteiger partial charge >= 0.3 is 5.97 Å². The quantitative estimate of drug-likeness (QED) is 0.829. The second-order valence-electron chi connectivity index (χ2n) is 5.44. The molecule has 6 nitrogen and oxygen atoms in total. The van der Waals surface area contributed by atoms with Gasteiger partial charge in [-0.2, -0.15) is 0 Å². The SMILES string of the molecule is COC(=O)c1c(Cl)csc1NC(=O)CN1C(=O)CCc2ccccc21. The van der Waals surface area contributed by atoms with E-state index in [9.17, 15) is 14.4 Å². The molecule has 1 aliphatic heterocycles. The predicted octanol–water partition coefficient (Wildman–Crippen LogP) is 3.11. The van der Waals surface area contributed by atoms with E-state index in [0.717, 1.165) is 22.6 Å². The van der Waals surface area contributed by atoms with Crippen LogP contribution in [0, 0.1) is 0 Å². The number of carbonyl (C=O) groups excluding carboxylic acids is 3. The Morgan fingerprint density at radius 1 is 1.32 bits per heavy atom. The van der Waals surface area contributed by atoms with Crippen molar-refractivity contribution in [2.24, 2.45) is 0 Å². The molecular formula is C17H15ClN2O4S. The highest BCUT2D eigenvalue weighted by molar-refractivity contribution is 7.15. The van der Waals surface area contributed by atoms with Crippen molar-refractivity contribution < 1.29 is 19.1 Å². The highest BCUT2D eigenvalue weighted by atomic mass is 35.5. The number of fused-ring (bicyclic) bond motifs is 1. The molecule has 2 heterocycles. The molecule has 130 valence electrons. The van der Waals surface area contributed by atoms with Crippen molar-refractivity contribution in [3.8, 4) is 0 Å². The minimum atomic E-state index is -0.624. The summed E-state index contributed by atoms with van der Waals surface area (Å²) in [6, 6.07) is 7.50. The zero-order valence-corrected chi connectivity index (χ0v) is 14.9. The number of anilines is 2. The van der Waals surface area contributed by atoms with Crippen molar-refractivity contribution >= 4 is 51.4 Å². The number of rotatable bonds is 4. The van der Waals surface area contributed by atoms with Gasteiger partial charge in [0.2, 0.25) is 11.8 Å². The molecule has 0 radical (unpaired) electrons. The minimum Gasteiger partial charge on any atom is -0.465 e. The first-order valence-corrected chi connectivity index (χ1v) is 8.80. The number of aryl methyl sites for hydroxylation is 1. The van der Waals surface area contributed by atoms with E-state index in [1.165, 1.54) is 12.0 Å². The molecule has 0 spiro atoms.